The maximum Gasteiger partial charge on any atom is 0.270 e. The minimum Gasteiger partial charge on any atom is -0.300 e. The Morgan fingerprint density at radius 2 is 2.15 bits per heavy atom. The van der Waals surface area contributed by atoms with Crippen molar-refractivity contribution in [3.05, 3.63) is 21.6 Å². The Morgan fingerprint density at radius 1 is 1.46 bits per heavy atom. The summed E-state index contributed by atoms with van der Waals surface area (Å²) in [7, 11) is -1.45. The monoisotopic (exact) mass is 202 g/mol. The predicted octanol–water partition coefficient (Wildman–Crippen LogP) is -0.816. The lowest BCUT2D eigenvalue weighted by molar-refractivity contribution is 0.591. The van der Waals surface area contributed by atoms with Gasteiger partial charge in [-0.3, -0.25) is 14.6 Å². The summed E-state index contributed by atoms with van der Waals surface area (Å²) >= 11 is 0. The fraction of sp³-hybridized carbons (Fsp3) is 0.571. The molecule has 0 radical (unpaired) electrons. The number of hydrogen-bond donors (Lipinski definition) is 1. The van der Waals surface area contributed by atoms with Crippen LogP contribution in [0.3, 0.4) is 0 Å². The third-order valence-corrected chi connectivity index (χ3v) is 3.81. The van der Waals surface area contributed by atoms with E-state index in [0.29, 0.717) is 12.0 Å². The van der Waals surface area contributed by atoms with E-state index >= 15 is 0 Å². The Morgan fingerprint density at radius 3 is 2.85 bits per heavy atom. The highest BCUT2D eigenvalue weighted by Gasteiger charge is 2.25. The van der Waals surface area contributed by atoms with Crippen LogP contribution in [0.2, 0.25) is 0 Å². The molecule has 1 N–H and O–H groups in total. The van der Waals surface area contributed by atoms with Crippen LogP contribution in [0.1, 0.15) is 11.3 Å². The maximum atomic E-state index is 11.4. The topological polar surface area (TPSA) is 71.9 Å². The molecule has 1 aliphatic heterocycles. The normalized spacial score (nSPS) is 19.8. The summed E-state index contributed by atoms with van der Waals surface area (Å²) < 4.78 is 23.8. The third kappa shape index (κ3) is 1.31. The van der Waals surface area contributed by atoms with Gasteiger partial charge < -0.3 is 0 Å². The van der Waals surface area contributed by atoms with Gasteiger partial charge in [-0.15, -0.1) is 0 Å². The Balaban J connectivity index is 2.63. The molecule has 5 nitrogen and oxygen atoms in total. The van der Waals surface area contributed by atoms with E-state index < -0.39 is 9.84 Å². The molecule has 6 heteroatoms. The molecule has 72 valence electrons. The molecule has 0 spiro atoms. The average molecular weight is 202 g/mol. The highest BCUT2D eigenvalue weighted by Crippen LogP contribution is 2.14. The zero-order valence-electron chi connectivity index (χ0n) is 7.20. The first kappa shape index (κ1) is 8.55. The van der Waals surface area contributed by atoms with Crippen molar-refractivity contribution in [2.75, 3.05) is 5.75 Å². The van der Waals surface area contributed by atoms with Crippen LogP contribution in [-0.2, 0) is 29.1 Å². The molecule has 2 heterocycles. The minimum atomic E-state index is -3.04. The van der Waals surface area contributed by atoms with E-state index in [1.807, 2.05) is 0 Å². The number of nitrogens with zero attached hydrogens (tertiary/aromatic N) is 1. The van der Waals surface area contributed by atoms with Gasteiger partial charge in [0.25, 0.3) is 5.56 Å². The Kier molecular flexibility index (Phi) is 1.63. The van der Waals surface area contributed by atoms with Crippen LogP contribution in [0, 0.1) is 0 Å². The molecule has 0 bridgehead atoms. The lowest BCUT2D eigenvalue weighted by Crippen LogP contribution is -2.23. The number of aromatic nitrogens is 2. The lowest BCUT2D eigenvalue weighted by Gasteiger charge is -2.09. The van der Waals surface area contributed by atoms with Gasteiger partial charge in [-0.05, 0) is 0 Å². The van der Waals surface area contributed by atoms with Crippen LogP contribution < -0.4 is 5.56 Å². The van der Waals surface area contributed by atoms with Crippen molar-refractivity contribution in [1.82, 2.24) is 9.78 Å². The number of nitrogens with one attached hydrogen (secondary N) is 1. The second-order valence-corrected chi connectivity index (χ2v) is 5.46. The van der Waals surface area contributed by atoms with Crippen molar-refractivity contribution in [3.8, 4) is 0 Å². The van der Waals surface area contributed by atoms with Crippen molar-refractivity contribution in [3.63, 3.8) is 0 Å². The lowest BCUT2D eigenvalue weighted by atomic mass is 10.2. The summed E-state index contributed by atoms with van der Waals surface area (Å²) in [4.78, 5) is 11.4. The molecule has 0 saturated carbocycles. The van der Waals surface area contributed by atoms with Crippen LogP contribution >= 0.6 is 0 Å². The summed E-state index contributed by atoms with van der Waals surface area (Å²) in [6.07, 6.45) is 0.424. The molecule has 0 unspecified atom stereocenters. The third-order valence-electron chi connectivity index (χ3n) is 2.26. The van der Waals surface area contributed by atoms with Gasteiger partial charge in [-0.1, -0.05) is 0 Å². The summed E-state index contributed by atoms with van der Waals surface area (Å²) in [6.45, 7) is 0. The molecule has 1 aliphatic rings. The summed E-state index contributed by atoms with van der Waals surface area (Å²) in [5, 5.41) is 2.84. The fourth-order valence-corrected chi connectivity index (χ4v) is 2.95. The Labute approximate surface area is 75.3 Å². The first-order valence-corrected chi connectivity index (χ1v) is 5.79. The fourth-order valence-electron chi connectivity index (χ4n) is 1.56. The molecule has 2 rings (SSSR count). The highest BCUT2D eigenvalue weighted by atomic mass is 32.2. The van der Waals surface area contributed by atoms with Crippen LogP contribution in [0.25, 0.3) is 0 Å². The number of fused-ring (bicyclic) bond motifs is 1. The second-order valence-electron chi connectivity index (χ2n) is 3.28. The molecule has 0 aromatic carbocycles. The van der Waals surface area contributed by atoms with Gasteiger partial charge in [-0.2, -0.15) is 0 Å². The number of aryl methyl sites for hydroxylation is 2. The predicted molar refractivity (Wildman–Crippen MR) is 47.2 cm³/mol. The van der Waals surface area contributed by atoms with Gasteiger partial charge in [-0.25, -0.2) is 8.42 Å². The van der Waals surface area contributed by atoms with Gasteiger partial charge in [0, 0.05) is 19.2 Å². The average Bonchev–Trinajstić information content (AvgIpc) is 2.29. The number of rotatable bonds is 0. The van der Waals surface area contributed by atoms with Crippen molar-refractivity contribution >= 4 is 9.84 Å². The molecule has 0 atom stereocenters. The molecular formula is C7H10N2O3S. The molecule has 0 amide bonds. The van der Waals surface area contributed by atoms with Crippen molar-refractivity contribution in [2.45, 2.75) is 12.2 Å². The van der Waals surface area contributed by atoms with Crippen LogP contribution in [-0.4, -0.2) is 24.0 Å². The number of H-pyrrole nitrogens is 1. The van der Waals surface area contributed by atoms with Crippen molar-refractivity contribution in [2.24, 2.45) is 7.05 Å². The van der Waals surface area contributed by atoms with Gasteiger partial charge in [0.15, 0.2) is 9.84 Å². The smallest absolute Gasteiger partial charge is 0.270 e. The van der Waals surface area contributed by atoms with E-state index in [4.69, 9.17) is 0 Å². The minimum absolute atomic E-state index is 0.113. The number of aromatic amines is 1. The quantitative estimate of drug-likeness (QED) is 0.597. The van der Waals surface area contributed by atoms with Crippen molar-refractivity contribution in [1.29, 1.82) is 0 Å². The molecule has 1 aromatic rings. The zero-order chi connectivity index (χ0) is 9.64. The molecule has 1 aromatic heterocycles. The van der Waals surface area contributed by atoms with E-state index in [-0.39, 0.29) is 17.1 Å². The highest BCUT2D eigenvalue weighted by molar-refractivity contribution is 7.90. The summed E-state index contributed by atoms with van der Waals surface area (Å²) in [5.41, 5.74) is 0.953. The standard InChI is InChI=1S/C7H10N2O3S/c1-9-7(10)5-4-13(11,12)3-2-6(5)8-9/h8H,2-4H2,1H3. The molecule has 0 saturated heterocycles. The van der Waals surface area contributed by atoms with Gasteiger partial charge in [0.1, 0.15) is 0 Å². The Bertz CT molecular complexity index is 494. The van der Waals surface area contributed by atoms with Crippen LogP contribution in [0.5, 0.6) is 0 Å². The molecule has 0 fully saturated rings. The first-order valence-electron chi connectivity index (χ1n) is 3.97. The van der Waals surface area contributed by atoms with E-state index in [1.54, 1.807) is 7.05 Å². The summed E-state index contributed by atoms with van der Waals surface area (Å²) in [6, 6.07) is 0. The van der Waals surface area contributed by atoms with Gasteiger partial charge in [0.05, 0.1) is 17.1 Å². The Hall–Kier alpha value is -1.04. The number of sulfone groups is 1. The van der Waals surface area contributed by atoms with Crippen LogP contribution in [0.15, 0.2) is 4.79 Å². The largest absolute Gasteiger partial charge is 0.300 e. The van der Waals surface area contributed by atoms with Crippen LogP contribution in [0.4, 0.5) is 0 Å². The molecule has 0 aliphatic carbocycles. The van der Waals surface area contributed by atoms with E-state index in [2.05, 4.69) is 5.10 Å². The van der Waals surface area contributed by atoms with E-state index in [1.165, 1.54) is 4.68 Å². The first-order chi connectivity index (χ1) is 5.99. The SMILES string of the molecule is Cn1[nH]c2c(c1=O)CS(=O)(=O)CC2. The summed E-state index contributed by atoms with van der Waals surface area (Å²) in [5.74, 6) is 0.0262. The number of hydrogen-bond acceptors (Lipinski definition) is 3. The molecule has 13 heavy (non-hydrogen) atoms. The van der Waals surface area contributed by atoms with E-state index in [9.17, 15) is 13.2 Å². The molecular weight excluding hydrogens is 192 g/mol. The maximum absolute atomic E-state index is 11.4. The van der Waals surface area contributed by atoms with Gasteiger partial charge >= 0.3 is 0 Å². The van der Waals surface area contributed by atoms with Gasteiger partial charge in [0.2, 0.25) is 0 Å². The van der Waals surface area contributed by atoms with E-state index in [0.717, 1.165) is 5.69 Å². The zero-order valence-corrected chi connectivity index (χ0v) is 8.02. The second kappa shape index (κ2) is 2.47. The van der Waals surface area contributed by atoms with Crippen molar-refractivity contribution < 1.29 is 8.42 Å².